The Hall–Kier alpha value is 0.137. The van der Waals surface area contributed by atoms with Crippen LogP contribution >= 0.6 is 0 Å². The molecule has 0 N–H and O–H groups in total. The lowest BCUT2D eigenvalue weighted by Crippen LogP contribution is -2.20. The van der Waals surface area contributed by atoms with Crippen LogP contribution in [0.5, 0.6) is 0 Å². The van der Waals surface area contributed by atoms with Gasteiger partial charge in [0, 0.05) is 24.5 Å². The number of hydrogen-bond donors (Lipinski definition) is 0. The van der Waals surface area contributed by atoms with Crippen LogP contribution in [0.15, 0.2) is 0 Å². The van der Waals surface area contributed by atoms with Crippen molar-refractivity contribution in [1.82, 2.24) is 0 Å². The van der Waals surface area contributed by atoms with E-state index in [0.29, 0.717) is 5.54 Å². The van der Waals surface area contributed by atoms with Crippen molar-refractivity contribution in [3.8, 4) is 0 Å². The molecule has 0 heterocycles. The Morgan fingerprint density at radius 1 is 0.778 bits per heavy atom. The van der Waals surface area contributed by atoms with Gasteiger partial charge in [0.2, 0.25) is 0 Å². The van der Waals surface area contributed by atoms with Crippen LogP contribution in [0.25, 0.3) is 0 Å². The molecule has 0 saturated carbocycles. The number of rotatable bonds is 13. The quantitative estimate of drug-likeness (QED) is 0.290. The van der Waals surface area contributed by atoms with Crippen molar-refractivity contribution in [2.24, 2.45) is 0 Å². The topological polar surface area (TPSA) is 18.5 Å². The van der Waals surface area contributed by atoms with E-state index in [2.05, 4.69) is 6.92 Å². The first-order chi connectivity index (χ1) is 8.76. The van der Waals surface area contributed by atoms with Gasteiger partial charge in [0.25, 0.3) is 0 Å². The maximum absolute atomic E-state index is 5.31. The highest BCUT2D eigenvalue weighted by molar-refractivity contribution is 6.11. The van der Waals surface area contributed by atoms with Gasteiger partial charge >= 0.3 is 0 Å². The van der Waals surface area contributed by atoms with Crippen LogP contribution in [0.4, 0.5) is 0 Å². The van der Waals surface area contributed by atoms with Crippen molar-refractivity contribution >= 4 is 10.2 Å². The highest BCUT2D eigenvalue weighted by Gasteiger charge is 2.14. The predicted molar refractivity (Wildman–Crippen MR) is 83.3 cm³/mol. The summed E-state index contributed by atoms with van der Waals surface area (Å²) in [6.45, 7) is 2.28. The van der Waals surface area contributed by atoms with Crippen molar-refractivity contribution in [3.63, 3.8) is 0 Å². The smallest absolute Gasteiger partial charge is 0.156 e. The lowest BCUT2D eigenvalue weighted by Gasteiger charge is -2.20. The van der Waals surface area contributed by atoms with Gasteiger partial charge in [-0.15, -0.1) is 0 Å². The number of hydrogen-bond acceptors (Lipinski definition) is 2. The lowest BCUT2D eigenvalue weighted by molar-refractivity contribution is -0.106. The van der Waals surface area contributed by atoms with E-state index in [-0.39, 0.29) is 6.29 Å². The van der Waals surface area contributed by atoms with Crippen LogP contribution in [-0.4, -0.2) is 30.8 Å². The zero-order valence-electron chi connectivity index (χ0n) is 13.0. The van der Waals surface area contributed by atoms with E-state index in [1.54, 1.807) is 14.2 Å². The second-order valence-corrected chi connectivity index (χ2v) is 6.92. The lowest BCUT2D eigenvalue weighted by atomic mass is 10.1. The van der Waals surface area contributed by atoms with E-state index in [1.165, 1.54) is 64.2 Å². The Bertz CT molecular complexity index is 161. The van der Waals surface area contributed by atoms with E-state index in [4.69, 9.17) is 9.47 Å². The molecule has 1 unspecified atom stereocenters. The summed E-state index contributed by atoms with van der Waals surface area (Å²) in [5.41, 5.74) is 0.643. The Balaban J connectivity index is 3.24. The van der Waals surface area contributed by atoms with Crippen LogP contribution in [-0.2, 0) is 9.47 Å². The molecular weight excluding hydrogens is 240 g/mol. The summed E-state index contributed by atoms with van der Waals surface area (Å²) >= 11 is 0. The van der Waals surface area contributed by atoms with E-state index >= 15 is 0 Å². The fraction of sp³-hybridized carbons (Fsp3) is 1.00. The van der Waals surface area contributed by atoms with Gasteiger partial charge in [0.15, 0.2) is 6.29 Å². The largest absolute Gasteiger partial charge is 0.356 e. The van der Waals surface area contributed by atoms with Crippen LogP contribution in [0.3, 0.4) is 0 Å². The van der Waals surface area contributed by atoms with Gasteiger partial charge in [-0.1, -0.05) is 64.7 Å². The molecular formula is C15H34O2Si. The standard InChI is InChI=1S/C15H34O2Si/c1-4-5-6-7-8-9-10-11-12-13-14(18)15(16-2)17-3/h14-15H,4-13H2,1-3,18H3. The van der Waals surface area contributed by atoms with Crippen LogP contribution in [0.2, 0.25) is 5.54 Å². The molecule has 0 spiro atoms. The molecule has 2 nitrogen and oxygen atoms in total. The van der Waals surface area contributed by atoms with E-state index in [1.807, 2.05) is 0 Å². The van der Waals surface area contributed by atoms with Crippen molar-refractivity contribution in [2.75, 3.05) is 14.2 Å². The molecule has 0 aliphatic carbocycles. The average Bonchev–Trinajstić information content (AvgIpc) is 2.38. The Kier molecular flexibility index (Phi) is 13.7. The predicted octanol–water partition coefficient (Wildman–Crippen LogP) is 3.68. The third-order valence-electron chi connectivity index (χ3n) is 3.69. The zero-order chi connectivity index (χ0) is 13.6. The molecule has 0 aromatic carbocycles. The molecule has 0 amide bonds. The monoisotopic (exact) mass is 274 g/mol. The fourth-order valence-electron chi connectivity index (χ4n) is 2.47. The Labute approximate surface area is 117 Å². The van der Waals surface area contributed by atoms with E-state index in [9.17, 15) is 0 Å². The van der Waals surface area contributed by atoms with Gasteiger partial charge in [-0.25, -0.2) is 0 Å². The Morgan fingerprint density at radius 2 is 1.22 bits per heavy atom. The summed E-state index contributed by atoms with van der Waals surface area (Å²) in [5.74, 6) is 0. The summed E-state index contributed by atoms with van der Waals surface area (Å²) in [4.78, 5) is 0. The summed E-state index contributed by atoms with van der Waals surface area (Å²) in [5, 5.41) is 0. The first-order valence-electron chi connectivity index (χ1n) is 7.81. The van der Waals surface area contributed by atoms with Crippen molar-refractivity contribution < 1.29 is 9.47 Å². The molecule has 0 radical (unpaired) electrons. The van der Waals surface area contributed by atoms with Gasteiger partial charge in [-0.05, 0) is 12.0 Å². The number of unbranched alkanes of at least 4 members (excludes halogenated alkanes) is 8. The van der Waals surface area contributed by atoms with Crippen LogP contribution in [0, 0.1) is 0 Å². The van der Waals surface area contributed by atoms with Gasteiger partial charge < -0.3 is 9.47 Å². The maximum Gasteiger partial charge on any atom is 0.156 e. The van der Waals surface area contributed by atoms with E-state index in [0.717, 1.165) is 10.2 Å². The van der Waals surface area contributed by atoms with Crippen LogP contribution in [0.1, 0.15) is 71.1 Å². The second-order valence-electron chi connectivity index (χ2n) is 5.43. The molecule has 0 fully saturated rings. The Morgan fingerprint density at radius 3 is 1.67 bits per heavy atom. The minimum Gasteiger partial charge on any atom is -0.356 e. The van der Waals surface area contributed by atoms with Gasteiger partial charge in [0.05, 0.1) is 0 Å². The summed E-state index contributed by atoms with van der Waals surface area (Å²) in [6.07, 6.45) is 13.9. The molecule has 3 heteroatoms. The average molecular weight is 275 g/mol. The van der Waals surface area contributed by atoms with E-state index < -0.39 is 0 Å². The van der Waals surface area contributed by atoms with Gasteiger partial charge in [-0.3, -0.25) is 0 Å². The molecule has 0 aromatic rings. The molecule has 1 atom stereocenters. The molecule has 0 aromatic heterocycles. The van der Waals surface area contributed by atoms with Gasteiger partial charge in [-0.2, -0.15) is 0 Å². The molecule has 0 aliphatic heterocycles. The van der Waals surface area contributed by atoms with Crippen LogP contribution < -0.4 is 0 Å². The minimum atomic E-state index is 0.0331. The molecule has 0 aliphatic rings. The van der Waals surface area contributed by atoms with Crippen molar-refractivity contribution in [1.29, 1.82) is 0 Å². The van der Waals surface area contributed by atoms with Gasteiger partial charge in [0.1, 0.15) is 0 Å². The molecule has 0 bridgehead atoms. The first kappa shape index (κ1) is 18.1. The highest BCUT2D eigenvalue weighted by Crippen LogP contribution is 2.20. The van der Waals surface area contributed by atoms with Crippen molar-refractivity contribution in [3.05, 3.63) is 0 Å². The third-order valence-corrected chi connectivity index (χ3v) is 4.81. The summed E-state index contributed by atoms with van der Waals surface area (Å²) < 4.78 is 10.6. The second kappa shape index (κ2) is 13.6. The minimum absolute atomic E-state index is 0.0331. The third kappa shape index (κ3) is 10.1. The first-order valence-corrected chi connectivity index (χ1v) is 8.97. The highest BCUT2D eigenvalue weighted by atomic mass is 28.1. The van der Waals surface area contributed by atoms with Crippen molar-refractivity contribution in [2.45, 2.75) is 83.0 Å². The number of methoxy groups -OCH3 is 2. The maximum atomic E-state index is 5.31. The molecule has 18 heavy (non-hydrogen) atoms. The SMILES string of the molecule is CCCCCCCCCCCC([SiH3])C(OC)OC. The zero-order valence-corrected chi connectivity index (χ0v) is 15.0. The summed E-state index contributed by atoms with van der Waals surface area (Å²) in [6, 6.07) is 0. The normalized spacial score (nSPS) is 13.3. The molecule has 0 saturated heterocycles. The molecule has 0 rings (SSSR count). The summed E-state index contributed by atoms with van der Waals surface area (Å²) in [7, 11) is 4.65. The molecule has 110 valence electrons. The number of ether oxygens (including phenoxy) is 2. The fourth-order valence-corrected chi connectivity index (χ4v) is 3.43.